The van der Waals surface area contributed by atoms with Crippen molar-refractivity contribution in [3.05, 3.63) is 42.9 Å². The Morgan fingerprint density at radius 3 is 3.00 bits per heavy atom. The molecule has 5 nitrogen and oxygen atoms in total. The number of aromatic amines is 1. The molecule has 0 spiro atoms. The lowest BCUT2D eigenvalue weighted by Crippen LogP contribution is -2.43. The minimum Gasteiger partial charge on any atom is -0.494 e. The Balaban J connectivity index is 1.31. The largest absolute Gasteiger partial charge is 0.494 e. The summed E-state index contributed by atoms with van der Waals surface area (Å²) >= 11 is 1.93. The molecule has 136 valence electrons. The molecular formula is C20H24N4OS. The number of hydrogen-bond acceptors (Lipinski definition) is 5. The number of hydrogen-bond donors (Lipinski definition) is 1. The van der Waals surface area contributed by atoms with Crippen molar-refractivity contribution >= 4 is 28.6 Å². The maximum absolute atomic E-state index is 5.59. The minimum atomic E-state index is 0.559. The summed E-state index contributed by atoms with van der Waals surface area (Å²) in [6.07, 6.45) is 5.99. The van der Waals surface area contributed by atoms with Gasteiger partial charge in [-0.25, -0.2) is 9.97 Å². The summed E-state index contributed by atoms with van der Waals surface area (Å²) < 4.78 is 5.59. The van der Waals surface area contributed by atoms with Crippen molar-refractivity contribution in [1.82, 2.24) is 15.0 Å². The first-order valence-electron chi connectivity index (χ1n) is 9.11. The van der Waals surface area contributed by atoms with Crippen LogP contribution in [0.2, 0.25) is 0 Å². The molecule has 1 aliphatic rings. The van der Waals surface area contributed by atoms with Crippen molar-refractivity contribution in [2.24, 2.45) is 5.92 Å². The summed E-state index contributed by atoms with van der Waals surface area (Å²) in [6.45, 7) is 2.73. The molecule has 4 rings (SSSR count). The van der Waals surface area contributed by atoms with Crippen LogP contribution in [0.1, 0.15) is 19.8 Å². The molecule has 3 aromatic rings. The van der Waals surface area contributed by atoms with Crippen molar-refractivity contribution in [2.45, 2.75) is 30.7 Å². The summed E-state index contributed by atoms with van der Waals surface area (Å²) in [7, 11) is 2.15. The van der Waals surface area contributed by atoms with Crippen molar-refractivity contribution in [3.8, 4) is 5.75 Å². The number of ether oxygens (including phenoxy) is 1. The monoisotopic (exact) mass is 368 g/mol. The highest BCUT2D eigenvalue weighted by molar-refractivity contribution is 7.99. The molecule has 1 N–H and O–H groups in total. The first-order chi connectivity index (χ1) is 12.7. The molecule has 1 saturated carbocycles. The molecule has 26 heavy (non-hydrogen) atoms. The van der Waals surface area contributed by atoms with Gasteiger partial charge in [-0.15, -0.1) is 11.8 Å². The van der Waals surface area contributed by atoms with E-state index in [0.717, 1.165) is 34.3 Å². The highest BCUT2D eigenvalue weighted by Crippen LogP contribution is 2.38. The third kappa shape index (κ3) is 3.51. The summed E-state index contributed by atoms with van der Waals surface area (Å²) in [4.78, 5) is 15.5. The van der Waals surface area contributed by atoms with Crippen molar-refractivity contribution in [1.29, 1.82) is 0 Å². The Morgan fingerprint density at radius 1 is 1.27 bits per heavy atom. The molecule has 0 aliphatic heterocycles. The topological polar surface area (TPSA) is 54.0 Å². The third-order valence-corrected chi connectivity index (χ3v) is 6.25. The number of thioether (sulfide) groups is 1. The average Bonchev–Trinajstić information content (AvgIpc) is 3.09. The normalized spacial score (nSPS) is 19.3. The van der Waals surface area contributed by atoms with E-state index >= 15 is 0 Å². The number of anilines is 1. The van der Waals surface area contributed by atoms with Crippen LogP contribution in [0.3, 0.4) is 0 Å². The summed E-state index contributed by atoms with van der Waals surface area (Å²) in [5, 5.41) is 1.10. The van der Waals surface area contributed by atoms with Crippen LogP contribution in [0.15, 0.2) is 47.8 Å². The maximum atomic E-state index is 5.59. The van der Waals surface area contributed by atoms with E-state index < -0.39 is 0 Å². The van der Waals surface area contributed by atoms with Gasteiger partial charge in [-0.2, -0.15) is 0 Å². The highest BCUT2D eigenvalue weighted by Gasteiger charge is 2.33. The molecule has 1 aromatic carbocycles. The lowest BCUT2D eigenvalue weighted by atomic mass is 9.81. The van der Waals surface area contributed by atoms with Gasteiger partial charge in [0.25, 0.3) is 0 Å². The highest BCUT2D eigenvalue weighted by atomic mass is 32.2. The predicted molar refractivity (Wildman–Crippen MR) is 107 cm³/mol. The van der Waals surface area contributed by atoms with Crippen LogP contribution in [-0.2, 0) is 0 Å². The zero-order valence-corrected chi connectivity index (χ0v) is 16.0. The molecule has 1 aliphatic carbocycles. The third-order valence-electron chi connectivity index (χ3n) is 5.03. The Labute approximate surface area is 158 Å². The van der Waals surface area contributed by atoms with E-state index in [4.69, 9.17) is 4.74 Å². The Kier molecular flexibility index (Phi) is 5.02. The van der Waals surface area contributed by atoms with E-state index in [9.17, 15) is 0 Å². The molecule has 2 aromatic heterocycles. The Morgan fingerprint density at radius 2 is 2.15 bits per heavy atom. The van der Waals surface area contributed by atoms with Gasteiger partial charge in [-0.3, -0.25) is 0 Å². The Hall–Kier alpha value is -2.21. The van der Waals surface area contributed by atoms with Gasteiger partial charge < -0.3 is 14.6 Å². The summed E-state index contributed by atoms with van der Waals surface area (Å²) in [6, 6.07) is 11.0. The average molecular weight is 369 g/mol. The minimum absolute atomic E-state index is 0.559. The number of benzene rings is 1. The molecule has 0 radical (unpaired) electrons. The molecule has 2 heterocycles. The van der Waals surface area contributed by atoms with Crippen molar-refractivity contribution in [2.75, 3.05) is 24.3 Å². The van der Waals surface area contributed by atoms with Crippen LogP contribution in [-0.4, -0.2) is 40.4 Å². The summed E-state index contributed by atoms with van der Waals surface area (Å²) in [5.74, 6) is 3.90. The predicted octanol–water partition coefficient (Wildman–Crippen LogP) is 4.36. The second-order valence-electron chi connectivity index (χ2n) is 6.76. The molecule has 0 atom stereocenters. The molecule has 0 bridgehead atoms. The molecule has 0 amide bonds. The van der Waals surface area contributed by atoms with E-state index in [0.29, 0.717) is 12.6 Å². The number of H-pyrrole nitrogens is 1. The van der Waals surface area contributed by atoms with Crippen LogP contribution >= 0.6 is 11.8 Å². The van der Waals surface area contributed by atoms with Gasteiger partial charge >= 0.3 is 0 Å². The van der Waals surface area contributed by atoms with E-state index in [1.165, 1.54) is 17.7 Å². The summed E-state index contributed by atoms with van der Waals surface area (Å²) in [5.41, 5.74) is 0.905. The number of nitrogens with one attached hydrogen (secondary N) is 1. The second-order valence-corrected chi connectivity index (χ2v) is 7.85. The number of fused-ring (bicyclic) bond motifs is 1. The standard InChI is InChI=1S/C20H24N4OS/c1-3-25-16-5-4-6-17(11-16)26-12-14-9-15(10-14)24(2)20-18-7-8-21-19(18)22-13-23-20/h4-8,11,13-15H,3,9-10,12H2,1-2H3,(H,21,22,23). The first kappa shape index (κ1) is 17.2. The SMILES string of the molecule is CCOc1cccc(SCC2CC(N(C)c3ncnc4[nH]ccc34)C2)c1. The Bertz CT molecular complexity index is 875. The number of aromatic nitrogens is 3. The van der Waals surface area contributed by atoms with E-state index in [1.54, 1.807) is 6.33 Å². The van der Waals surface area contributed by atoms with Gasteiger partial charge in [0.1, 0.15) is 23.5 Å². The van der Waals surface area contributed by atoms with Crippen molar-refractivity contribution in [3.63, 3.8) is 0 Å². The van der Waals surface area contributed by atoms with Crippen molar-refractivity contribution < 1.29 is 4.74 Å². The van der Waals surface area contributed by atoms with Crippen LogP contribution in [0, 0.1) is 5.92 Å². The molecule has 0 saturated heterocycles. The molecule has 0 unspecified atom stereocenters. The lowest BCUT2D eigenvalue weighted by Gasteiger charge is -2.41. The fourth-order valence-electron chi connectivity index (χ4n) is 3.50. The van der Waals surface area contributed by atoms with Crippen LogP contribution in [0.4, 0.5) is 5.82 Å². The number of rotatable bonds is 7. The quantitative estimate of drug-likeness (QED) is 0.628. The van der Waals surface area contributed by atoms with Crippen LogP contribution in [0.25, 0.3) is 11.0 Å². The van der Waals surface area contributed by atoms with Gasteiger partial charge in [0.2, 0.25) is 0 Å². The first-order valence-corrected chi connectivity index (χ1v) is 10.1. The van der Waals surface area contributed by atoms with Gasteiger partial charge in [0, 0.05) is 29.9 Å². The van der Waals surface area contributed by atoms with Crippen LogP contribution in [0.5, 0.6) is 5.75 Å². The molecule has 6 heteroatoms. The van der Waals surface area contributed by atoms with Gasteiger partial charge in [-0.05, 0) is 49.9 Å². The fourth-order valence-corrected chi connectivity index (χ4v) is 4.57. The zero-order chi connectivity index (χ0) is 17.9. The number of nitrogens with zero attached hydrogens (tertiary/aromatic N) is 3. The molecular weight excluding hydrogens is 344 g/mol. The van der Waals surface area contributed by atoms with E-state index in [1.807, 2.05) is 30.9 Å². The van der Waals surface area contributed by atoms with E-state index in [-0.39, 0.29) is 0 Å². The van der Waals surface area contributed by atoms with E-state index in [2.05, 4.69) is 51.2 Å². The maximum Gasteiger partial charge on any atom is 0.142 e. The second kappa shape index (κ2) is 7.58. The smallest absolute Gasteiger partial charge is 0.142 e. The zero-order valence-electron chi connectivity index (χ0n) is 15.2. The van der Waals surface area contributed by atoms with Gasteiger partial charge in [0.15, 0.2) is 0 Å². The van der Waals surface area contributed by atoms with Gasteiger partial charge in [-0.1, -0.05) is 6.07 Å². The van der Waals surface area contributed by atoms with Gasteiger partial charge in [0.05, 0.1) is 12.0 Å². The molecule has 1 fully saturated rings. The van der Waals surface area contributed by atoms with Crippen LogP contribution < -0.4 is 9.64 Å². The lowest BCUT2D eigenvalue weighted by molar-refractivity contribution is 0.286. The fraction of sp³-hybridized carbons (Fsp3) is 0.400.